The van der Waals surface area contributed by atoms with Crippen LogP contribution < -0.4 is 5.32 Å². The smallest absolute Gasteiger partial charge is 0.154 e. The van der Waals surface area contributed by atoms with Crippen LogP contribution in [0.2, 0.25) is 0 Å². The second-order valence-corrected chi connectivity index (χ2v) is 4.22. The van der Waals surface area contributed by atoms with Crippen molar-refractivity contribution in [2.45, 2.75) is 26.9 Å². The molecular weight excluding hydrogens is 230 g/mol. The number of aryl methyl sites for hydroxylation is 2. The van der Waals surface area contributed by atoms with E-state index in [9.17, 15) is 0 Å². The van der Waals surface area contributed by atoms with Gasteiger partial charge in [-0.2, -0.15) is 0 Å². The predicted octanol–water partition coefficient (Wildman–Crippen LogP) is 1.02. The molecule has 0 bridgehead atoms. The van der Waals surface area contributed by atoms with Crippen molar-refractivity contribution in [1.29, 1.82) is 0 Å². The average Bonchev–Trinajstić information content (AvgIpc) is 2.32. The zero-order valence-corrected chi connectivity index (χ0v) is 11.7. The van der Waals surface area contributed by atoms with Crippen LogP contribution in [0.5, 0.6) is 0 Å². The van der Waals surface area contributed by atoms with E-state index in [2.05, 4.69) is 15.3 Å². The molecule has 0 aliphatic carbocycles. The van der Waals surface area contributed by atoms with Crippen LogP contribution in [-0.4, -0.2) is 43.9 Å². The van der Waals surface area contributed by atoms with E-state index < -0.39 is 0 Å². The summed E-state index contributed by atoms with van der Waals surface area (Å²) in [4.78, 5) is 8.90. The highest BCUT2D eigenvalue weighted by atomic mass is 16.5. The Morgan fingerprint density at radius 3 is 2.22 bits per heavy atom. The lowest BCUT2D eigenvalue weighted by atomic mass is 10.1. The van der Waals surface area contributed by atoms with Crippen molar-refractivity contribution in [3.63, 3.8) is 0 Å². The molecule has 1 aromatic heterocycles. The lowest BCUT2D eigenvalue weighted by molar-refractivity contribution is 0.177. The van der Waals surface area contributed by atoms with E-state index >= 15 is 0 Å². The molecule has 102 valence electrons. The molecule has 1 rings (SSSR count). The molecule has 1 N–H and O–H groups in total. The molecule has 0 fully saturated rings. The summed E-state index contributed by atoms with van der Waals surface area (Å²) in [5, 5.41) is 3.32. The number of hydrogen-bond acceptors (Lipinski definition) is 5. The minimum absolute atomic E-state index is 0.466. The Bertz CT molecular complexity index is 346. The van der Waals surface area contributed by atoms with Crippen LogP contribution in [0.3, 0.4) is 0 Å². The summed E-state index contributed by atoms with van der Waals surface area (Å²) in [5.41, 5.74) is 3.31. The Kier molecular flexibility index (Phi) is 6.78. The molecule has 0 aliphatic rings. The molecule has 0 radical (unpaired) electrons. The van der Waals surface area contributed by atoms with Crippen LogP contribution >= 0.6 is 0 Å². The molecule has 0 aliphatic heterocycles. The van der Waals surface area contributed by atoms with Crippen molar-refractivity contribution in [1.82, 2.24) is 15.3 Å². The monoisotopic (exact) mass is 253 g/mol. The van der Waals surface area contributed by atoms with E-state index in [1.165, 1.54) is 5.56 Å². The summed E-state index contributed by atoms with van der Waals surface area (Å²) in [5.74, 6) is 0.753. The van der Waals surface area contributed by atoms with Gasteiger partial charge in [-0.25, -0.2) is 9.97 Å². The molecule has 5 nitrogen and oxygen atoms in total. The topological polar surface area (TPSA) is 56.3 Å². The number of methoxy groups -OCH3 is 2. The lowest BCUT2D eigenvalue weighted by Gasteiger charge is -2.11. The fourth-order valence-electron chi connectivity index (χ4n) is 1.88. The third-order valence-corrected chi connectivity index (χ3v) is 2.78. The van der Waals surface area contributed by atoms with Gasteiger partial charge in [0, 0.05) is 32.2 Å². The van der Waals surface area contributed by atoms with Crippen LogP contribution in [0.4, 0.5) is 0 Å². The number of nitrogens with one attached hydrogen (secondary N) is 1. The van der Waals surface area contributed by atoms with Crippen LogP contribution in [0.1, 0.15) is 22.8 Å². The molecule has 0 aromatic carbocycles. The molecule has 18 heavy (non-hydrogen) atoms. The van der Waals surface area contributed by atoms with E-state index in [-0.39, 0.29) is 0 Å². The molecule has 1 heterocycles. The molecule has 0 unspecified atom stereocenters. The first-order valence-corrected chi connectivity index (χ1v) is 6.20. The number of hydrogen-bond donors (Lipinski definition) is 1. The first-order valence-electron chi connectivity index (χ1n) is 6.20. The van der Waals surface area contributed by atoms with Crippen molar-refractivity contribution < 1.29 is 9.47 Å². The van der Waals surface area contributed by atoms with Gasteiger partial charge in [-0.15, -0.1) is 0 Å². The highest BCUT2D eigenvalue weighted by molar-refractivity contribution is 5.24. The van der Waals surface area contributed by atoms with Crippen molar-refractivity contribution in [3.05, 3.63) is 22.8 Å². The van der Waals surface area contributed by atoms with Crippen LogP contribution in [0.15, 0.2) is 0 Å². The second kappa shape index (κ2) is 8.13. The summed E-state index contributed by atoms with van der Waals surface area (Å²) >= 11 is 0. The Morgan fingerprint density at radius 1 is 1.00 bits per heavy atom. The summed E-state index contributed by atoms with van der Waals surface area (Å²) in [6.07, 6.45) is 0.939. The predicted molar refractivity (Wildman–Crippen MR) is 70.7 cm³/mol. The van der Waals surface area contributed by atoms with Gasteiger partial charge in [0.1, 0.15) is 6.61 Å². The van der Waals surface area contributed by atoms with E-state index in [1.54, 1.807) is 14.2 Å². The summed E-state index contributed by atoms with van der Waals surface area (Å²) in [6.45, 7) is 7.04. The van der Waals surface area contributed by atoms with Gasteiger partial charge in [0.05, 0.1) is 6.61 Å². The van der Waals surface area contributed by atoms with Crippen LogP contribution in [-0.2, 0) is 22.5 Å². The van der Waals surface area contributed by atoms with Gasteiger partial charge < -0.3 is 14.8 Å². The van der Waals surface area contributed by atoms with E-state index in [4.69, 9.17) is 9.47 Å². The molecule has 0 saturated heterocycles. The molecule has 0 amide bonds. The zero-order valence-electron chi connectivity index (χ0n) is 11.7. The van der Waals surface area contributed by atoms with Crippen LogP contribution in [0, 0.1) is 13.8 Å². The van der Waals surface area contributed by atoms with Gasteiger partial charge in [0.2, 0.25) is 0 Å². The largest absolute Gasteiger partial charge is 0.383 e. The fraction of sp³-hybridized carbons (Fsp3) is 0.692. The van der Waals surface area contributed by atoms with E-state index in [0.29, 0.717) is 6.61 Å². The number of rotatable bonds is 8. The summed E-state index contributed by atoms with van der Waals surface area (Å²) < 4.78 is 10.0. The Balaban J connectivity index is 2.54. The minimum atomic E-state index is 0.466. The molecule has 0 spiro atoms. The first-order chi connectivity index (χ1) is 8.69. The Hall–Kier alpha value is -1.04. The van der Waals surface area contributed by atoms with Gasteiger partial charge in [-0.1, -0.05) is 0 Å². The quantitative estimate of drug-likeness (QED) is 0.701. The van der Waals surface area contributed by atoms with Crippen molar-refractivity contribution in [3.8, 4) is 0 Å². The normalized spacial score (nSPS) is 10.9. The standard InChI is InChI=1S/C13H23N3O2/c1-10-12(5-6-14-7-8-17-3)11(2)16-13(15-10)9-18-4/h14H,5-9H2,1-4H3. The minimum Gasteiger partial charge on any atom is -0.383 e. The van der Waals surface area contributed by atoms with Crippen molar-refractivity contribution in [2.75, 3.05) is 33.9 Å². The van der Waals surface area contributed by atoms with Gasteiger partial charge in [0.15, 0.2) is 5.82 Å². The van der Waals surface area contributed by atoms with Gasteiger partial charge >= 0.3 is 0 Å². The Morgan fingerprint density at radius 2 is 1.67 bits per heavy atom. The van der Waals surface area contributed by atoms with E-state index in [1.807, 2.05) is 13.8 Å². The van der Waals surface area contributed by atoms with Gasteiger partial charge in [-0.3, -0.25) is 0 Å². The SMILES string of the molecule is COCCNCCc1c(C)nc(COC)nc1C. The highest BCUT2D eigenvalue weighted by Gasteiger charge is 2.07. The second-order valence-electron chi connectivity index (χ2n) is 4.22. The molecule has 5 heteroatoms. The average molecular weight is 253 g/mol. The highest BCUT2D eigenvalue weighted by Crippen LogP contribution is 2.11. The third-order valence-electron chi connectivity index (χ3n) is 2.78. The summed E-state index contributed by atoms with van der Waals surface area (Å²) in [6, 6.07) is 0. The Labute approximate surface area is 109 Å². The number of nitrogens with zero attached hydrogens (tertiary/aromatic N) is 2. The summed E-state index contributed by atoms with van der Waals surface area (Å²) in [7, 11) is 3.36. The first kappa shape index (κ1) is 15.0. The fourth-order valence-corrected chi connectivity index (χ4v) is 1.88. The number of aromatic nitrogens is 2. The maximum absolute atomic E-state index is 5.05. The molecule has 0 atom stereocenters. The van der Waals surface area contributed by atoms with Crippen molar-refractivity contribution in [2.24, 2.45) is 0 Å². The zero-order chi connectivity index (χ0) is 13.4. The molecule has 1 aromatic rings. The van der Waals surface area contributed by atoms with Crippen LogP contribution in [0.25, 0.3) is 0 Å². The van der Waals surface area contributed by atoms with Gasteiger partial charge in [-0.05, 0) is 32.4 Å². The maximum atomic E-state index is 5.05. The molecular formula is C13H23N3O2. The number of ether oxygens (including phenoxy) is 2. The maximum Gasteiger partial charge on any atom is 0.154 e. The third kappa shape index (κ3) is 4.68. The lowest BCUT2D eigenvalue weighted by Crippen LogP contribution is -2.22. The van der Waals surface area contributed by atoms with Gasteiger partial charge in [0.25, 0.3) is 0 Å². The van der Waals surface area contributed by atoms with Crippen molar-refractivity contribution >= 4 is 0 Å². The molecule has 0 saturated carbocycles. The van der Waals surface area contributed by atoms with E-state index in [0.717, 1.165) is 43.3 Å².